The first-order valence-corrected chi connectivity index (χ1v) is 11.5. The van der Waals surface area contributed by atoms with E-state index in [0.29, 0.717) is 33.6 Å². The number of nitrogens with zero attached hydrogens (tertiary/aromatic N) is 2. The number of aromatic nitrogens is 2. The predicted molar refractivity (Wildman–Crippen MR) is 129 cm³/mol. The molecule has 170 valence electrons. The zero-order chi connectivity index (χ0) is 23.1. The number of amides is 1. The molecule has 6 rings (SSSR count). The molecule has 0 unspecified atom stereocenters. The molecule has 1 aromatic heterocycles. The Morgan fingerprint density at radius 3 is 2.50 bits per heavy atom. The fourth-order valence-electron chi connectivity index (χ4n) is 4.70. The Balaban J connectivity index is 1.19. The number of para-hydroxylation sites is 1. The molecule has 7 nitrogen and oxygen atoms in total. The molecule has 1 saturated carbocycles. The van der Waals surface area contributed by atoms with Gasteiger partial charge in [-0.2, -0.15) is 0 Å². The molecule has 1 spiro atoms. The molecule has 1 amide bonds. The molecule has 1 fully saturated rings. The van der Waals surface area contributed by atoms with Gasteiger partial charge in [0.05, 0.1) is 16.6 Å². The van der Waals surface area contributed by atoms with Crippen LogP contribution in [0.3, 0.4) is 0 Å². The van der Waals surface area contributed by atoms with Crippen molar-refractivity contribution in [3.8, 4) is 17.2 Å². The number of anilines is 1. The van der Waals surface area contributed by atoms with Crippen LogP contribution in [0.5, 0.6) is 11.5 Å². The number of rotatable bonds is 3. The zero-order valence-electron chi connectivity index (χ0n) is 18.5. The van der Waals surface area contributed by atoms with Crippen LogP contribution in [-0.2, 0) is 0 Å². The second-order valence-corrected chi connectivity index (χ2v) is 8.77. The van der Waals surface area contributed by atoms with E-state index in [1.165, 1.54) is 17.3 Å². The third kappa shape index (κ3) is 3.59. The van der Waals surface area contributed by atoms with Gasteiger partial charge in [0.15, 0.2) is 11.5 Å². The fraction of sp³-hybridized carbons (Fsp3) is 0.222. The number of benzene rings is 3. The molecule has 1 N–H and O–H groups in total. The number of hydrogen-bond donors (Lipinski definition) is 1. The molecule has 4 aromatic rings. The first-order chi connectivity index (χ1) is 16.6. The van der Waals surface area contributed by atoms with E-state index in [4.69, 9.17) is 9.47 Å². The summed E-state index contributed by atoms with van der Waals surface area (Å²) in [4.78, 5) is 30.0. The van der Waals surface area contributed by atoms with Crippen molar-refractivity contribution < 1.29 is 14.3 Å². The van der Waals surface area contributed by atoms with Crippen LogP contribution in [0, 0.1) is 0 Å². The molecular weight excluding hydrogens is 430 g/mol. The predicted octanol–water partition coefficient (Wildman–Crippen LogP) is 5.07. The van der Waals surface area contributed by atoms with Gasteiger partial charge in [0.25, 0.3) is 17.3 Å². The fourth-order valence-corrected chi connectivity index (χ4v) is 4.70. The third-order valence-electron chi connectivity index (χ3n) is 6.48. The highest BCUT2D eigenvalue weighted by Gasteiger charge is 2.42. The second-order valence-electron chi connectivity index (χ2n) is 8.77. The Labute approximate surface area is 196 Å². The molecule has 34 heavy (non-hydrogen) atoms. The first kappa shape index (κ1) is 20.5. The van der Waals surface area contributed by atoms with Gasteiger partial charge < -0.3 is 14.8 Å². The highest BCUT2D eigenvalue weighted by molar-refractivity contribution is 6.04. The smallest absolute Gasteiger partial charge is 0.265 e. The summed E-state index contributed by atoms with van der Waals surface area (Å²) in [5, 5.41) is 3.46. The summed E-state index contributed by atoms with van der Waals surface area (Å²) in [6, 6.07) is 19.5. The zero-order valence-corrected chi connectivity index (χ0v) is 18.5. The van der Waals surface area contributed by atoms with Crippen LogP contribution in [0.2, 0.25) is 0 Å². The van der Waals surface area contributed by atoms with Crippen molar-refractivity contribution in [3.05, 3.63) is 89.0 Å². The molecule has 1 aliphatic carbocycles. The molecule has 1 aliphatic heterocycles. The molecule has 3 aromatic carbocycles. The average molecular weight is 453 g/mol. The number of nitrogens with one attached hydrogen (secondary N) is 1. The molecule has 0 radical (unpaired) electrons. The van der Waals surface area contributed by atoms with Gasteiger partial charge in [-0.3, -0.25) is 14.2 Å². The van der Waals surface area contributed by atoms with E-state index in [9.17, 15) is 9.59 Å². The normalized spacial score (nSPS) is 16.0. The van der Waals surface area contributed by atoms with E-state index in [-0.39, 0.29) is 11.5 Å². The maximum absolute atomic E-state index is 12.8. The minimum Gasteiger partial charge on any atom is -0.448 e. The number of hydrogen-bond acceptors (Lipinski definition) is 5. The standard InChI is InChI=1S/C27H23N3O4/c31-25(29-19-10-13-23-24(16-19)34-27(33-23)14-4-1-5-15-27)18-8-11-20(12-9-18)30-17-28-22-7-3-2-6-21(22)26(30)32/h2-3,6-13,16-17H,1,4-5,14-15H2,(H,29,31). The topological polar surface area (TPSA) is 82.4 Å². The van der Waals surface area contributed by atoms with E-state index in [0.717, 1.165) is 31.4 Å². The Kier molecular flexibility index (Phi) is 4.83. The summed E-state index contributed by atoms with van der Waals surface area (Å²) in [5.74, 6) is 0.591. The average Bonchev–Trinajstić information content (AvgIpc) is 3.21. The lowest BCUT2D eigenvalue weighted by Crippen LogP contribution is -2.40. The lowest BCUT2D eigenvalue weighted by atomic mass is 9.94. The molecule has 2 heterocycles. The van der Waals surface area contributed by atoms with Gasteiger partial charge in [0, 0.05) is 30.2 Å². The van der Waals surface area contributed by atoms with Crippen molar-refractivity contribution >= 4 is 22.5 Å². The Morgan fingerprint density at radius 1 is 0.912 bits per heavy atom. The summed E-state index contributed by atoms with van der Waals surface area (Å²) in [6.07, 6.45) is 6.66. The van der Waals surface area contributed by atoms with Gasteiger partial charge in [-0.1, -0.05) is 18.6 Å². The summed E-state index contributed by atoms with van der Waals surface area (Å²) in [5.41, 5.74) is 2.25. The number of ether oxygens (including phenoxy) is 2. The summed E-state index contributed by atoms with van der Waals surface area (Å²) >= 11 is 0. The van der Waals surface area contributed by atoms with Crippen LogP contribution in [0.4, 0.5) is 5.69 Å². The van der Waals surface area contributed by atoms with Gasteiger partial charge in [-0.05, 0) is 61.4 Å². The Morgan fingerprint density at radius 2 is 1.68 bits per heavy atom. The molecular formula is C27H23N3O4. The number of carbonyl (C=O) groups is 1. The van der Waals surface area contributed by atoms with E-state index in [2.05, 4.69) is 10.3 Å². The molecule has 2 aliphatic rings. The third-order valence-corrected chi connectivity index (χ3v) is 6.48. The van der Waals surface area contributed by atoms with E-state index >= 15 is 0 Å². The van der Waals surface area contributed by atoms with Gasteiger partial charge >= 0.3 is 0 Å². The Hall–Kier alpha value is -4.13. The van der Waals surface area contributed by atoms with Crippen LogP contribution in [0.1, 0.15) is 42.5 Å². The monoisotopic (exact) mass is 453 g/mol. The maximum Gasteiger partial charge on any atom is 0.265 e. The van der Waals surface area contributed by atoms with Crippen LogP contribution >= 0.6 is 0 Å². The molecule has 0 bridgehead atoms. The SMILES string of the molecule is O=C(Nc1ccc2c(c1)OC1(CCCCC1)O2)c1ccc(-n2cnc3ccccc3c2=O)cc1. The van der Waals surface area contributed by atoms with Gasteiger partial charge in [0.2, 0.25) is 0 Å². The molecule has 0 saturated heterocycles. The minimum absolute atomic E-state index is 0.154. The van der Waals surface area contributed by atoms with Crippen LogP contribution < -0.4 is 20.3 Å². The van der Waals surface area contributed by atoms with E-state index in [1.807, 2.05) is 30.3 Å². The quantitative estimate of drug-likeness (QED) is 0.468. The van der Waals surface area contributed by atoms with Crippen LogP contribution in [0.15, 0.2) is 77.9 Å². The van der Waals surface area contributed by atoms with Gasteiger partial charge in [0.1, 0.15) is 6.33 Å². The van der Waals surface area contributed by atoms with Crippen molar-refractivity contribution in [1.29, 1.82) is 0 Å². The lowest BCUT2D eigenvalue weighted by molar-refractivity contribution is -0.105. The number of carbonyl (C=O) groups excluding carboxylic acids is 1. The van der Waals surface area contributed by atoms with Crippen molar-refractivity contribution in [2.75, 3.05) is 5.32 Å². The Bertz CT molecular complexity index is 1450. The van der Waals surface area contributed by atoms with Gasteiger partial charge in [-0.25, -0.2) is 4.98 Å². The molecule has 0 atom stereocenters. The van der Waals surface area contributed by atoms with Crippen molar-refractivity contribution in [1.82, 2.24) is 9.55 Å². The summed E-state index contributed by atoms with van der Waals surface area (Å²) < 4.78 is 13.7. The van der Waals surface area contributed by atoms with Crippen LogP contribution in [0.25, 0.3) is 16.6 Å². The van der Waals surface area contributed by atoms with Gasteiger partial charge in [-0.15, -0.1) is 0 Å². The first-order valence-electron chi connectivity index (χ1n) is 11.5. The van der Waals surface area contributed by atoms with Crippen molar-refractivity contribution in [2.24, 2.45) is 0 Å². The second kappa shape index (κ2) is 8.02. The molecule has 7 heteroatoms. The van der Waals surface area contributed by atoms with Crippen molar-refractivity contribution in [2.45, 2.75) is 37.9 Å². The lowest BCUT2D eigenvalue weighted by Gasteiger charge is -2.31. The highest BCUT2D eigenvalue weighted by Crippen LogP contribution is 2.46. The largest absolute Gasteiger partial charge is 0.448 e. The van der Waals surface area contributed by atoms with E-state index in [1.54, 1.807) is 36.4 Å². The highest BCUT2D eigenvalue weighted by atomic mass is 16.7. The van der Waals surface area contributed by atoms with E-state index < -0.39 is 5.79 Å². The van der Waals surface area contributed by atoms with Crippen molar-refractivity contribution in [3.63, 3.8) is 0 Å². The number of fused-ring (bicyclic) bond motifs is 2. The summed E-state index contributed by atoms with van der Waals surface area (Å²) in [6.45, 7) is 0. The maximum atomic E-state index is 12.8. The van der Waals surface area contributed by atoms with Crippen LogP contribution in [-0.4, -0.2) is 21.2 Å². The summed E-state index contributed by atoms with van der Waals surface area (Å²) in [7, 11) is 0. The minimum atomic E-state index is -0.547.